The largest absolute Gasteiger partial charge is 0.390 e. The lowest BCUT2D eigenvalue weighted by atomic mass is 9.79. The number of aliphatic hydroxyl groups excluding tert-OH is 1. The number of ether oxygens (including phenoxy) is 1. The van der Waals surface area contributed by atoms with Crippen molar-refractivity contribution in [2.45, 2.75) is 56.7 Å². The van der Waals surface area contributed by atoms with Crippen LogP contribution in [0.15, 0.2) is 12.3 Å². The van der Waals surface area contributed by atoms with Crippen LogP contribution < -0.4 is 0 Å². The molecule has 0 aromatic carbocycles. The predicted octanol–water partition coefficient (Wildman–Crippen LogP) is 2.06. The Bertz CT molecular complexity index is 370. The lowest BCUT2D eigenvalue weighted by Gasteiger charge is -2.40. The van der Waals surface area contributed by atoms with Gasteiger partial charge in [-0.05, 0) is 31.7 Å². The molecule has 102 valence electrons. The molecule has 0 bridgehead atoms. The minimum Gasteiger partial charge on any atom is -0.390 e. The molecule has 1 unspecified atom stereocenters. The smallest absolute Gasteiger partial charge is 0.0936 e. The van der Waals surface area contributed by atoms with Crippen LogP contribution >= 0.6 is 0 Å². The van der Waals surface area contributed by atoms with Crippen molar-refractivity contribution in [3.8, 4) is 0 Å². The first-order chi connectivity index (χ1) is 8.68. The van der Waals surface area contributed by atoms with Crippen LogP contribution in [0, 0.1) is 0 Å². The van der Waals surface area contributed by atoms with Crippen molar-refractivity contribution >= 4 is 0 Å². The first-order valence-electron chi connectivity index (χ1n) is 6.88. The van der Waals surface area contributed by atoms with E-state index in [9.17, 15) is 5.11 Å². The normalized spacial score (nSPS) is 20.8. The minimum absolute atomic E-state index is 0.309. The topological polar surface area (TPSA) is 47.3 Å². The molecule has 1 N–H and O–H groups in total. The summed E-state index contributed by atoms with van der Waals surface area (Å²) in [7, 11) is 3.67. The van der Waals surface area contributed by atoms with Gasteiger partial charge in [-0.25, -0.2) is 0 Å². The van der Waals surface area contributed by atoms with Crippen molar-refractivity contribution in [2.75, 3.05) is 7.11 Å². The number of nitrogens with zero attached hydrogens (tertiary/aromatic N) is 2. The standard InChI is InChI=1S/C14H24N2O2/c1-16-12(8-11-15-16)6-7-13(17)14(18-2)9-4-3-5-10-14/h8,11,13,17H,3-7,9-10H2,1-2H3. The van der Waals surface area contributed by atoms with E-state index in [4.69, 9.17) is 4.74 Å². The second kappa shape index (κ2) is 5.85. The Hall–Kier alpha value is -0.870. The molecule has 1 aliphatic carbocycles. The van der Waals surface area contributed by atoms with Gasteiger partial charge in [0, 0.05) is 26.0 Å². The summed E-state index contributed by atoms with van der Waals surface area (Å²) in [5.41, 5.74) is 0.854. The van der Waals surface area contributed by atoms with Gasteiger partial charge in [-0.3, -0.25) is 4.68 Å². The van der Waals surface area contributed by atoms with E-state index in [2.05, 4.69) is 5.10 Å². The monoisotopic (exact) mass is 252 g/mol. The summed E-state index contributed by atoms with van der Waals surface area (Å²) in [6.07, 6.45) is 8.57. The first kappa shape index (κ1) is 13.6. The van der Waals surface area contributed by atoms with Gasteiger partial charge in [-0.1, -0.05) is 19.3 Å². The summed E-state index contributed by atoms with van der Waals surface area (Å²) in [5, 5.41) is 14.6. The zero-order valence-corrected chi connectivity index (χ0v) is 11.4. The molecule has 0 aliphatic heterocycles. The van der Waals surface area contributed by atoms with Gasteiger partial charge in [0.15, 0.2) is 0 Å². The molecule has 1 saturated carbocycles. The molecule has 18 heavy (non-hydrogen) atoms. The van der Waals surface area contributed by atoms with Crippen molar-refractivity contribution < 1.29 is 9.84 Å². The molecule has 0 saturated heterocycles. The second-order valence-corrected chi connectivity index (χ2v) is 5.33. The van der Waals surface area contributed by atoms with Gasteiger partial charge in [0.25, 0.3) is 0 Å². The van der Waals surface area contributed by atoms with E-state index in [1.165, 1.54) is 6.42 Å². The van der Waals surface area contributed by atoms with Gasteiger partial charge in [0.05, 0.1) is 11.7 Å². The predicted molar refractivity (Wildman–Crippen MR) is 70.4 cm³/mol. The minimum atomic E-state index is -0.377. The highest BCUT2D eigenvalue weighted by molar-refractivity contribution is 5.01. The molecule has 1 fully saturated rings. The molecule has 4 heteroatoms. The Morgan fingerprint density at radius 1 is 1.44 bits per heavy atom. The molecule has 1 atom stereocenters. The van der Waals surface area contributed by atoms with Crippen molar-refractivity contribution in [3.63, 3.8) is 0 Å². The zero-order valence-electron chi connectivity index (χ0n) is 11.4. The summed E-state index contributed by atoms with van der Waals surface area (Å²) in [5.74, 6) is 0. The van der Waals surface area contributed by atoms with E-state index >= 15 is 0 Å². The fourth-order valence-corrected chi connectivity index (χ4v) is 3.02. The summed E-state index contributed by atoms with van der Waals surface area (Å²) < 4.78 is 7.54. The number of methoxy groups -OCH3 is 1. The fourth-order valence-electron chi connectivity index (χ4n) is 3.02. The number of aliphatic hydroxyl groups is 1. The molecule has 0 spiro atoms. The summed E-state index contributed by atoms with van der Waals surface area (Å²) in [6, 6.07) is 2.01. The number of hydrogen-bond donors (Lipinski definition) is 1. The van der Waals surface area contributed by atoms with Crippen LogP contribution in [0.2, 0.25) is 0 Å². The van der Waals surface area contributed by atoms with Crippen LogP contribution in [-0.4, -0.2) is 33.7 Å². The van der Waals surface area contributed by atoms with Gasteiger partial charge < -0.3 is 9.84 Å². The Kier molecular flexibility index (Phi) is 4.40. The first-order valence-corrected chi connectivity index (χ1v) is 6.88. The Balaban J connectivity index is 1.93. The maximum atomic E-state index is 10.5. The molecule has 2 rings (SSSR count). The maximum Gasteiger partial charge on any atom is 0.0936 e. The fraction of sp³-hybridized carbons (Fsp3) is 0.786. The highest BCUT2D eigenvalue weighted by Crippen LogP contribution is 2.35. The Morgan fingerprint density at radius 2 is 2.17 bits per heavy atom. The average Bonchev–Trinajstić information content (AvgIpc) is 2.82. The van der Waals surface area contributed by atoms with E-state index in [0.29, 0.717) is 0 Å². The van der Waals surface area contributed by atoms with E-state index in [0.717, 1.165) is 44.2 Å². The molecule has 1 aliphatic rings. The lowest BCUT2D eigenvalue weighted by Crippen LogP contribution is -2.46. The van der Waals surface area contributed by atoms with Crippen molar-refractivity contribution in [2.24, 2.45) is 7.05 Å². The Morgan fingerprint density at radius 3 is 2.72 bits per heavy atom. The van der Waals surface area contributed by atoms with Crippen LogP contribution in [0.3, 0.4) is 0 Å². The Labute approximate surface area is 109 Å². The van der Waals surface area contributed by atoms with Crippen molar-refractivity contribution in [3.05, 3.63) is 18.0 Å². The van der Waals surface area contributed by atoms with Gasteiger partial charge in [0.1, 0.15) is 0 Å². The summed E-state index contributed by atoms with van der Waals surface area (Å²) in [4.78, 5) is 0. The van der Waals surface area contributed by atoms with Crippen LogP contribution in [0.25, 0.3) is 0 Å². The average molecular weight is 252 g/mol. The third kappa shape index (κ3) is 2.75. The molecule has 0 amide bonds. The van der Waals surface area contributed by atoms with Gasteiger partial charge in [0.2, 0.25) is 0 Å². The van der Waals surface area contributed by atoms with Crippen LogP contribution in [-0.2, 0) is 18.2 Å². The second-order valence-electron chi connectivity index (χ2n) is 5.33. The van der Waals surface area contributed by atoms with Crippen LogP contribution in [0.4, 0.5) is 0 Å². The van der Waals surface area contributed by atoms with Gasteiger partial charge >= 0.3 is 0 Å². The van der Waals surface area contributed by atoms with E-state index < -0.39 is 0 Å². The molecule has 0 radical (unpaired) electrons. The highest BCUT2D eigenvalue weighted by Gasteiger charge is 2.38. The van der Waals surface area contributed by atoms with Crippen molar-refractivity contribution in [1.29, 1.82) is 0 Å². The third-order valence-corrected chi connectivity index (χ3v) is 4.31. The third-order valence-electron chi connectivity index (χ3n) is 4.31. The zero-order chi connectivity index (χ0) is 13.0. The highest BCUT2D eigenvalue weighted by atomic mass is 16.5. The number of aromatic nitrogens is 2. The summed E-state index contributed by atoms with van der Waals surface area (Å²) in [6.45, 7) is 0. The molecule has 4 nitrogen and oxygen atoms in total. The molecular formula is C14H24N2O2. The molecule has 1 aromatic heterocycles. The quantitative estimate of drug-likeness (QED) is 0.872. The van der Waals surface area contributed by atoms with Crippen LogP contribution in [0.1, 0.15) is 44.2 Å². The SMILES string of the molecule is COC1(C(O)CCc2ccnn2C)CCCCC1. The van der Waals surface area contributed by atoms with E-state index in [1.807, 2.05) is 17.8 Å². The van der Waals surface area contributed by atoms with Gasteiger partial charge in [-0.2, -0.15) is 5.10 Å². The number of aryl methyl sites for hydroxylation is 2. The van der Waals surface area contributed by atoms with Crippen molar-refractivity contribution in [1.82, 2.24) is 9.78 Å². The van der Waals surface area contributed by atoms with Crippen LogP contribution in [0.5, 0.6) is 0 Å². The van der Waals surface area contributed by atoms with E-state index in [1.54, 1.807) is 13.3 Å². The number of rotatable bonds is 5. The van der Waals surface area contributed by atoms with E-state index in [-0.39, 0.29) is 11.7 Å². The molecule has 1 heterocycles. The van der Waals surface area contributed by atoms with Gasteiger partial charge in [-0.15, -0.1) is 0 Å². The molecule has 1 aromatic rings. The maximum absolute atomic E-state index is 10.5. The summed E-state index contributed by atoms with van der Waals surface area (Å²) >= 11 is 0. The number of hydrogen-bond acceptors (Lipinski definition) is 3. The molecular weight excluding hydrogens is 228 g/mol. The lowest BCUT2D eigenvalue weighted by molar-refractivity contribution is -0.124.